The second-order valence-electron chi connectivity index (χ2n) is 4.82. The number of nitrogens with zero attached hydrogens (tertiary/aromatic N) is 1. The third-order valence-corrected chi connectivity index (χ3v) is 4.05. The summed E-state index contributed by atoms with van der Waals surface area (Å²) in [5.74, 6) is 0. The van der Waals surface area contributed by atoms with E-state index in [9.17, 15) is 0 Å². The van der Waals surface area contributed by atoms with Crippen LogP contribution in [0.15, 0.2) is 0 Å². The van der Waals surface area contributed by atoms with Gasteiger partial charge in [0.05, 0.1) is 0 Å². The molecule has 0 aromatic carbocycles. The van der Waals surface area contributed by atoms with Gasteiger partial charge in [-0.1, -0.05) is 0 Å². The second-order valence-corrected chi connectivity index (χ2v) is 4.82. The fourth-order valence-electron chi connectivity index (χ4n) is 3.33. The Morgan fingerprint density at radius 1 is 0.714 bits per heavy atom. The van der Waals surface area contributed by atoms with E-state index < -0.39 is 0 Å². The molecular weight excluding hydrogens is 170 g/mol. The molecule has 0 saturated heterocycles. The third-order valence-electron chi connectivity index (χ3n) is 4.05. The minimum absolute atomic E-state index is 1.33. The average Bonchev–Trinajstić information content (AvgIpc) is 2.55. The highest BCUT2D eigenvalue weighted by atomic mass is 15.0. The maximum atomic E-state index is 2.52. The Kier molecular flexibility index (Phi) is 1.93. The van der Waals surface area contributed by atoms with E-state index >= 15 is 0 Å². The Hall–Kier alpha value is -0.720. The maximum absolute atomic E-state index is 2.52. The molecule has 0 saturated carbocycles. The summed E-state index contributed by atoms with van der Waals surface area (Å²) in [6.07, 6.45) is 11.0. The molecule has 1 aromatic rings. The van der Waals surface area contributed by atoms with Gasteiger partial charge in [0.15, 0.2) is 0 Å². The third kappa shape index (κ3) is 1.08. The molecule has 0 amide bonds. The van der Waals surface area contributed by atoms with Gasteiger partial charge < -0.3 is 4.57 Å². The zero-order chi connectivity index (χ0) is 9.54. The molecule has 0 radical (unpaired) electrons. The Bertz CT molecular complexity index is 326. The lowest BCUT2D eigenvalue weighted by molar-refractivity contribution is 0.631. The van der Waals surface area contributed by atoms with Crippen LogP contribution in [0.1, 0.15) is 48.2 Å². The van der Waals surface area contributed by atoms with E-state index in [0.717, 1.165) is 0 Å². The van der Waals surface area contributed by atoms with Gasteiger partial charge in [-0.15, -0.1) is 0 Å². The Morgan fingerprint density at radius 2 is 1.14 bits per heavy atom. The van der Waals surface area contributed by atoms with Crippen molar-refractivity contribution in [1.29, 1.82) is 0 Å². The molecule has 3 rings (SSSR count). The molecule has 1 heteroatoms. The summed E-state index contributed by atoms with van der Waals surface area (Å²) < 4.78 is 2.52. The lowest BCUT2D eigenvalue weighted by atomic mass is 9.89. The highest BCUT2D eigenvalue weighted by Gasteiger charge is 2.23. The summed E-state index contributed by atoms with van der Waals surface area (Å²) in [5.41, 5.74) is 6.83. The van der Waals surface area contributed by atoms with Crippen molar-refractivity contribution >= 4 is 0 Å². The van der Waals surface area contributed by atoms with Crippen LogP contribution in [0.5, 0.6) is 0 Å². The topological polar surface area (TPSA) is 4.93 Å². The van der Waals surface area contributed by atoms with Gasteiger partial charge in [0.2, 0.25) is 0 Å². The normalized spacial score (nSPS) is 20.4. The smallest absolute Gasteiger partial charge is 0.0209 e. The first-order valence-electron chi connectivity index (χ1n) is 6.06. The van der Waals surface area contributed by atoms with E-state index in [0.29, 0.717) is 0 Å². The summed E-state index contributed by atoms with van der Waals surface area (Å²) in [7, 11) is 2.29. The van der Waals surface area contributed by atoms with Crippen molar-refractivity contribution in [1.82, 2.24) is 4.57 Å². The zero-order valence-electron chi connectivity index (χ0n) is 9.10. The van der Waals surface area contributed by atoms with Gasteiger partial charge in [-0.05, 0) is 62.5 Å². The number of aromatic nitrogens is 1. The van der Waals surface area contributed by atoms with Crippen LogP contribution in [0, 0.1) is 0 Å². The molecule has 76 valence electrons. The molecule has 0 bridgehead atoms. The summed E-state index contributed by atoms with van der Waals surface area (Å²) in [5, 5.41) is 0. The summed E-state index contributed by atoms with van der Waals surface area (Å²) in [6.45, 7) is 0. The molecule has 2 aliphatic carbocycles. The van der Waals surface area contributed by atoms with Gasteiger partial charge in [0.1, 0.15) is 0 Å². The fourth-order valence-corrected chi connectivity index (χ4v) is 3.33. The van der Waals surface area contributed by atoms with Crippen molar-refractivity contribution in [2.75, 3.05) is 0 Å². The van der Waals surface area contributed by atoms with E-state index in [2.05, 4.69) is 11.6 Å². The lowest BCUT2D eigenvalue weighted by Crippen LogP contribution is -2.06. The number of fused-ring (bicyclic) bond motifs is 3. The van der Waals surface area contributed by atoms with Crippen molar-refractivity contribution < 1.29 is 0 Å². The molecule has 0 aliphatic heterocycles. The molecule has 1 nitrogen and oxygen atoms in total. The Labute approximate surface area is 86.1 Å². The first-order valence-corrected chi connectivity index (χ1v) is 6.06. The van der Waals surface area contributed by atoms with Crippen molar-refractivity contribution in [3.05, 3.63) is 22.5 Å². The van der Waals surface area contributed by atoms with E-state index in [1.54, 1.807) is 22.5 Å². The standard InChI is InChI=1S/C13H19N/c1-14-12-8-4-2-6-10(12)11-7-3-5-9-13(11)14/h2-9H2,1H3. The van der Waals surface area contributed by atoms with Crippen molar-refractivity contribution in [3.8, 4) is 0 Å². The summed E-state index contributed by atoms with van der Waals surface area (Å²) in [4.78, 5) is 0. The van der Waals surface area contributed by atoms with Gasteiger partial charge in [0.25, 0.3) is 0 Å². The van der Waals surface area contributed by atoms with E-state index in [1.807, 2.05) is 0 Å². The second kappa shape index (κ2) is 3.15. The molecule has 2 aliphatic rings. The molecular formula is C13H19N. The van der Waals surface area contributed by atoms with E-state index in [4.69, 9.17) is 0 Å². The average molecular weight is 189 g/mol. The van der Waals surface area contributed by atoms with Gasteiger partial charge in [-0.2, -0.15) is 0 Å². The molecule has 0 fully saturated rings. The van der Waals surface area contributed by atoms with E-state index in [1.165, 1.54) is 51.4 Å². The minimum atomic E-state index is 1.33. The molecule has 0 atom stereocenters. The molecule has 0 N–H and O–H groups in total. The summed E-state index contributed by atoms with van der Waals surface area (Å²) >= 11 is 0. The largest absolute Gasteiger partial charge is 0.351 e. The maximum Gasteiger partial charge on any atom is 0.0209 e. The molecule has 0 spiro atoms. The molecule has 0 unspecified atom stereocenters. The monoisotopic (exact) mass is 189 g/mol. The van der Waals surface area contributed by atoms with Crippen molar-refractivity contribution in [2.24, 2.45) is 7.05 Å². The molecule has 14 heavy (non-hydrogen) atoms. The summed E-state index contributed by atoms with van der Waals surface area (Å²) in [6, 6.07) is 0. The van der Waals surface area contributed by atoms with Crippen LogP contribution >= 0.6 is 0 Å². The molecule has 1 heterocycles. The van der Waals surface area contributed by atoms with Crippen LogP contribution < -0.4 is 0 Å². The highest BCUT2D eigenvalue weighted by molar-refractivity contribution is 5.41. The Morgan fingerprint density at radius 3 is 1.64 bits per heavy atom. The van der Waals surface area contributed by atoms with Crippen LogP contribution in [0.4, 0.5) is 0 Å². The van der Waals surface area contributed by atoms with Crippen LogP contribution in [0.3, 0.4) is 0 Å². The Balaban J connectivity index is 2.17. The zero-order valence-corrected chi connectivity index (χ0v) is 9.10. The van der Waals surface area contributed by atoms with Crippen molar-refractivity contribution in [3.63, 3.8) is 0 Å². The first kappa shape index (κ1) is 8.58. The van der Waals surface area contributed by atoms with Gasteiger partial charge in [0, 0.05) is 18.4 Å². The van der Waals surface area contributed by atoms with E-state index in [-0.39, 0.29) is 0 Å². The number of hydrogen-bond donors (Lipinski definition) is 0. The van der Waals surface area contributed by atoms with Crippen molar-refractivity contribution in [2.45, 2.75) is 51.4 Å². The van der Waals surface area contributed by atoms with Gasteiger partial charge in [-0.3, -0.25) is 0 Å². The number of rotatable bonds is 0. The first-order chi connectivity index (χ1) is 6.88. The molecule has 1 aromatic heterocycles. The van der Waals surface area contributed by atoms with Gasteiger partial charge >= 0.3 is 0 Å². The van der Waals surface area contributed by atoms with Crippen LogP contribution in [-0.2, 0) is 32.7 Å². The quantitative estimate of drug-likeness (QED) is 0.591. The number of hydrogen-bond acceptors (Lipinski definition) is 0. The SMILES string of the molecule is Cn1c2c(c3c1CCCC3)CCCC2. The van der Waals surface area contributed by atoms with Crippen LogP contribution in [-0.4, -0.2) is 4.57 Å². The lowest BCUT2D eigenvalue weighted by Gasteiger charge is -2.14. The van der Waals surface area contributed by atoms with Gasteiger partial charge in [-0.25, -0.2) is 0 Å². The predicted molar refractivity (Wildman–Crippen MR) is 58.7 cm³/mol. The minimum Gasteiger partial charge on any atom is -0.351 e. The van der Waals surface area contributed by atoms with Crippen LogP contribution in [0.25, 0.3) is 0 Å². The highest BCUT2D eigenvalue weighted by Crippen LogP contribution is 2.33. The van der Waals surface area contributed by atoms with Crippen LogP contribution in [0.2, 0.25) is 0 Å². The fraction of sp³-hybridized carbons (Fsp3) is 0.692. The predicted octanol–water partition coefficient (Wildman–Crippen LogP) is 2.78.